The fourth-order valence-corrected chi connectivity index (χ4v) is 1.51. The van der Waals surface area contributed by atoms with Gasteiger partial charge in [0.15, 0.2) is 0 Å². The van der Waals surface area contributed by atoms with Crippen LogP contribution in [0.25, 0.3) is 0 Å². The van der Waals surface area contributed by atoms with Gasteiger partial charge in [0, 0.05) is 11.8 Å². The van der Waals surface area contributed by atoms with Crippen molar-refractivity contribution in [3.8, 4) is 5.75 Å². The minimum atomic E-state index is -0.460. The van der Waals surface area contributed by atoms with E-state index in [4.69, 9.17) is 4.74 Å². The Bertz CT molecular complexity index is 301. The van der Waals surface area contributed by atoms with Crippen LogP contribution in [-0.2, 0) is 0 Å². The lowest BCUT2D eigenvalue weighted by Gasteiger charge is -2.17. The van der Waals surface area contributed by atoms with Crippen LogP contribution in [-0.4, -0.2) is 17.2 Å². The van der Waals surface area contributed by atoms with Gasteiger partial charge in [-0.2, -0.15) is 0 Å². The molecule has 0 aliphatic heterocycles. The molecule has 0 saturated heterocycles. The number of hydrogen-bond acceptors (Lipinski definition) is 3. The Morgan fingerprint density at radius 1 is 1.53 bits per heavy atom. The molecule has 84 valence electrons. The number of aromatic nitrogens is 1. The third kappa shape index (κ3) is 3.20. The van der Waals surface area contributed by atoms with E-state index in [1.54, 1.807) is 19.5 Å². The van der Waals surface area contributed by atoms with Crippen molar-refractivity contribution in [2.45, 2.75) is 32.8 Å². The number of methoxy groups -OCH3 is 1. The molecule has 0 bridgehead atoms. The predicted octanol–water partition coefficient (Wildman–Crippen LogP) is 2.56. The molecule has 1 aromatic rings. The number of aliphatic hydroxyl groups excluding tert-OH is 1. The van der Waals surface area contributed by atoms with Gasteiger partial charge in [-0.3, -0.25) is 4.98 Å². The highest BCUT2D eigenvalue weighted by Crippen LogP contribution is 2.28. The van der Waals surface area contributed by atoms with E-state index in [1.165, 1.54) is 0 Å². The highest BCUT2D eigenvalue weighted by atomic mass is 16.5. The fourth-order valence-electron chi connectivity index (χ4n) is 1.51. The Morgan fingerprint density at radius 3 is 2.87 bits per heavy atom. The molecule has 0 saturated carbocycles. The summed E-state index contributed by atoms with van der Waals surface area (Å²) in [5.41, 5.74) is 0.827. The van der Waals surface area contributed by atoms with Crippen LogP contribution in [0, 0.1) is 5.92 Å². The summed E-state index contributed by atoms with van der Waals surface area (Å²) in [5, 5.41) is 10.0. The van der Waals surface area contributed by atoms with E-state index in [0.717, 1.165) is 18.4 Å². The summed E-state index contributed by atoms with van der Waals surface area (Å²) in [4.78, 5) is 3.96. The van der Waals surface area contributed by atoms with Crippen molar-refractivity contribution < 1.29 is 9.84 Å². The van der Waals surface area contributed by atoms with E-state index >= 15 is 0 Å². The van der Waals surface area contributed by atoms with Crippen molar-refractivity contribution in [2.24, 2.45) is 5.92 Å². The molecule has 0 radical (unpaired) electrons. The first-order valence-corrected chi connectivity index (χ1v) is 5.35. The van der Waals surface area contributed by atoms with Gasteiger partial charge < -0.3 is 9.84 Å². The SMILES string of the molecule is CCC(C)CC(O)c1ccncc1OC. The molecule has 2 atom stereocenters. The van der Waals surface area contributed by atoms with E-state index in [9.17, 15) is 5.11 Å². The van der Waals surface area contributed by atoms with Crippen molar-refractivity contribution >= 4 is 0 Å². The fraction of sp³-hybridized carbons (Fsp3) is 0.583. The van der Waals surface area contributed by atoms with Gasteiger partial charge in [0.1, 0.15) is 5.75 Å². The van der Waals surface area contributed by atoms with Crippen LogP contribution in [0.3, 0.4) is 0 Å². The summed E-state index contributed by atoms with van der Waals surface area (Å²) >= 11 is 0. The minimum Gasteiger partial charge on any atom is -0.495 e. The highest BCUT2D eigenvalue weighted by Gasteiger charge is 2.15. The third-order valence-electron chi connectivity index (χ3n) is 2.72. The van der Waals surface area contributed by atoms with E-state index in [0.29, 0.717) is 11.7 Å². The quantitative estimate of drug-likeness (QED) is 0.810. The van der Waals surface area contributed by atoms with Crippen molar-refractivity contribution in [1.29, 1.82) is 0 Å². The second-order valence-electron chi connectivity index (χ2n) is 3.88. The van der Waals surface area contributed by atoms with Gasteiger partial charge in [0.25, 0.3) is 0 Å². The smallest absolute Gasteiger partial charge is 0.142 e. The summed E-state index contributed by atoms with van der Waals surface area (Å²) < 4.78 is 5.16. The number of nitrogens with zero attached hydrogens (tertiary/aromatic N) is 1. The molecule has 3 nitrogen and oxygen atoms in total. The molecule has 1 rings (SSSR count). The first-order valence-electron chi connectivity index (χ1n) is 5.35. The predicted molar refractivity (Wildman–Crippen MR) is 59.8 cm³/mol. The zero-order valence-corrected chi connectivity index (χ0v) is 9.60. The second kappa shape index (κ2) is 5.71. The number of aliphatic hydroxyl groups is 1. The maximum atomic E-state index is 10.0. The number of hydrogen-bond donors (Lipinski definition) is 1. The number of pyridine rings is 1. The van der Waals surface area contributed by atoms with Gasteiger partial charge >= 0.3 is 0 Å². The minimum absolute atomic E-state index is 0.460. The monoisotopic (exact) mass is 209 g/mol. The second-order valence-corrected chi connectivity index (χ2v) is 3.88. The van der Waals surface area contributed by atoms with E-state index in [-0.39, 0.29) is 0 Å². The molecular formula is C12H19NO2. The Labute approximate surface area is 91.1 Å². The lowest BCUT2D eigenvalue weighted by atomic mass is 9.96. The van der Waals surface area contributed by atoms with Crippen LogP contribution >= 0.6 is 0 Å². The molecule has 0 aromatic carbocycles. The summed E-state index contributed by atoms with van der Waals surface area (Å²) in [6.07, 6.45) is 4.69. The molecule has 1 N–H and O–H groups in total. The van der Waals surface area contributed by atoms with Crippen molar-refractivity contribution in [3.63, 3.8) is 0 Å². The maximum Gasteiger partial charge on any atom is 0.142 e. The van der Waals surface area contributed by atoms with Crippen LogP contribution in [0.1, 0.15) is 38.4 Å². The Balaban J connectivity index is 2.76. The molecule has 0 aliphatic carbocycles. The van der Waals surface area contributed by atoms with Gasteiger partial charge in [-0.25, -0.2) is 0 Å². The van der Waals surface area contributed by atoms with Crippen LogP contribution in [0.5, 0.6) is 5.75 Å². The molecule has 0 fully saturated rings. The van der Waals surface area contributed by atoms with Crippen LogP contribution in [0.4, 0.5) is 0 Å². The Morgan fingerprint density at radius 2 is 2.27 bits per heavy atom. The van der Waals surface area contributed by atoms with Gasteiger partial charge in [0.05, 0.1) is 19.4 Å². The highest BCUT2D eigenvalue weighted by molar-refractivity contribution is 5.31. The van der Waals surface area contributed by atoms with Gasteiger partial charge in [-0.05, 0) is 18.4 Å². The van der Waals surface area contributed by atoms with E-state index in [2.05, 4.69) is 18.8 Å². The first kappa shape index (κ1) is 12.0. The van der Waals surface area contributed by atoms with E-state index < -0.39 is 6.10 Å². The molecule has 1 aromatic heterocycles. The molecule has 15 heavy (non-hydrogen) atoms. The summed E-state index contributed by atoms with van der Waals surface area (Å²) in [5.74, 6) is 1.17. The first-order chi connectivity index (χ1) is 7.19. The zero-order valence-electron chi connectivity index (χ0n) is 9.60. The molecule has 2 unspecified atom stereocenters. The summed E-state index contributed by atoms with van der Waals surface area (Å²) in [6.45, 7) is 4.26. The van der Waals surface area contributed by atoms with E-state index in [1.807, 2.05) is 6.07 Å². The largest absolute Gasteiger partial charge is 0.495 e. The van der Waals surface area contributed by atoms with Crippen molar-refractivity contribution in [2.75, 3.05) is 7.11 Å². The van der Waals surface area contributed by atoms with Crippen LogP contribution < -0.4 is 4.74 Å². The molecule has 0 amide bonds. The Hall–Kier alpha value is -1.09. The summed E-state index contributed by atoms with van der Waals surface area (Å²) in [7, 11) is 1.59. The number of rotatable bonds is 5. The Kier molecular flexibility index (Phi) is 4.56. The average molecular weight is 209 g/mol. The molecule has 3 heteroatoms. The van der Waals surface area contributed by atoms with Crippen LogP contribution in [0.2, 0.25) is 0 Å². The number of ether oxygens (including phenoxy) is 1. The molecule has 1 heterocycles. The lowest BCUT2D eigenvalue weighted by molar-refractivity contribution is 0.143. The third-order valence-corrected chi connectivity index (χ3v) is 2.72. The maximum absolute atomic E-state index is 10.0. The standard InChI is InChI=1S/C12H19NO2/c1-4-9(2)7-11(14)10-5-6-13-8-12(10)15-3/h5-6,8-9,11,14H,4,7H2,1-3H3. The van der Waals surface area contributed by atoms with Gasteiger partial charge in [-0.1, -0.05) is 20.3 Å². The van der Waals surface area contributed by atoms with Crippen molar-refractivity contribution in [1.82, 2.24) is 4.98 Å². The average Bonchev–Trinajstić information content (AvgIpc) is 2.28. The zero-order chi connectivity index (χ0) is 11.3. The van der Waals surface area contributed by atoms with Crippen molar-refractivity contribution in [3.05, 3.63) is 24.0 Å². The van der Waals surface area contributed by atoms with Crippen LogP contribution in [0.15, 0.2) is 18.5 Å². The lowest BCUT2D eigenvalue weighted by Crippen LogP contribution is -2.05. The normalized spacial score (nSPS) is 14.7. The molecule has 0 aliphatic rings. The molecule has 0 spiro atoms. The summed E-state index contributed by atoms with van der Waals surface area (Å²) in [6, 6.07) is 1.81. The molecular weight excluding hydrogens is 190 g/mol. The van der Waals surface area contributed by atoms with Gasteiger partial charge in [0.2, 0.25) is 0 Å². The topological polar surface area (TPSA) is 42.4 Å². The van der Waals surface area contributed by atoms with Gasteiger partial charge in [-0.15, -0.1) is 0 Å².